The van der Waals surface area contributed by atoms with Gasteiger partial charge in [-0.3, -0.25) is 4.79 Å². The molecule has 1 aliphatic carbocycles. The molecule has 1 aromatic rings. The van der Waals surface area contributed by atoms with Crippen molar-refractivity contribution in [2.75, 3.05) is 11.4 Å². The minimum absolute atomic E-state index is 0.199. The van der Waals surface area contributed by atoms with E-state index in [4.69, 9.17) is 10.8 Å². The zero-order valence-electron chi connectivity index (χ0n) is 13.6. The van der Waals surface area contributed by atoms with Gasteiger partial charge in [-0.15, -0.1) is 0 Å². The van der Waals surface area contributed by atoms with Gasteiger partial charge in [0.2, 0.25) is 5.91 Å². The van der Waals surface area contributed by atoms with Gasteiger partial charge >= 0.3 is 5.97 Å². The molecule has 3 N–H and O–H groups in total. The van der Waals surface area contributed by atoms with Crippen LogP contribution in [0.1, 0.15) is 48.9 Å². The maximum atomic E-state index is 14.0. The number of benzene rings is 1. The van der Waals surface area contributed by atoms with Crippen molar-refractivity contribution >= 4 is 17.6 Å². The molecule has 6 heteroatoms. The summed E-state index contributed by atoms with van der Waals surface area (Å²) in [4.78, 5) is 24.9. The van der Waals surface area contributed by atoms with Crippen molar-refractivity contribution in [2.24, 2.45) is 17.6 Å². The van der Waals surface area contributed by atoms with E-state index < -0.39 is 17.8 Å². The van der Waals surface area contributed by atoms with Crippen LogP contribution in [0.25, 0.3) is 0 Å². The Bertz CT molecular complexity index is 643. The summed E-state index contributed by atoms with van der Waals surface area (Å²) in [6, 6.07) is 3.57. The number of amides is 1. The van der Waals surface area contributed by atoms with Crippen LogP contribution in [-0.2, 0) is 4.79 Å². The Morgan fingerprint density at radius 2 is 1.88 bits per heavy atom. The molecule has 1 aromatic carbocycles. The van der Waals surface area contributed by atoms with Crippen molar-refractivity contribution in [1.29, 1.82) is 0 Å². The molecule has 0 unspecified atom stereocenters. The predicted octanol–water partition coefficient (Wildman–Crippen LogP) is 2.78. The Kier molecular flexibility index (Phi) is 4.73. The van der Waals surface area contributed by atoms with Gasteiger partial charge in [-0.25, -0.2) is 9.18 Å². The number of rotatable bonds is 4. The predicted molar refractivity (Wildman–Crippen MR) is 88.4 cm³/mol. The van der Waals surface area contributed by atoms with Gasteiger partial charge in [0.15, 0.2) is 0 Å². The van der Waals surface area contributed by atoms with Gasteiger partial charge in [0.05, 0.1) is 5.56 Å². The number of carboxylic acids is 1. The van der Waals surface area contributed by atoms with Crippen LogP contribution in [-0.4, -0.2) is 29.6 Å². The normalized spacial score (nSPS) is 25.0. The fourth-order valence-corrected chi connectivity index (χ4v) is 4.38. The highest BCUT2D eigenvalue weighted by atomic mass is 19.1. The summed E-state index contributed by atoms with van der Waals surface area (Å²) >= 11 is 0. The molecule has 0 aromatic heterocycles. The van der Waals surface area contributed by atoms with Gasteiger partial charge in [0.1, 0.15) is 11.9 Å². The number of hydrogen-bond donors (Lipinski definition) is 2. The quantitative estimate of drug-likeness (QED) is 0.887. The SMILES string of the molecule is NC(=O)[C@@H]1[C@H](C2CCCCC2)CCN1c1ccc(C(=O)O)c(F)c1. The van der Waals surface area contributed by atoms with Gasteiger partial charge in [0.25, 0.3) is 0 Å². The first kappa shape index (κ1) is 16.7. The molecule has 2 atom stereocenters. The minimum atomic E-state index is -1.30. The summed E-state index contributed by atoms with van der Waals surface area (Å²) in [5, 5.41) is 8.95. The molecule has 24 heavy (non-hydrogen) atoms. The number of carbonyl (C=O) groups excluding carboxylic acids is 1. The van der Waals surface area contributed by atoms with Crippen LogP contribution in [0, 0.1) is 17.7 Å². The number of nitrogens with zero attached hydrogens (tertiary/aromatic N) is 1. The first-order valence-electron chi connectivity index (χ1n) is 8.58. The molecule has 1 saturated heterocycles. The molecule has 2 aliphatic rings. The second kappa shape index (κ2) is 6.79. The van der Waals surface area contributed by atoms with E-state index in [0.29, 0.717) is 18.2 Å². The fourth-order valence-electron chi connectivity index (χ4n) is 4.38. The smallest absolute Gasteiger partial charge is 0.338 e. The minimum Gasteiger partial charge on any atom is -0.478 e. The van der Waals surface area contributed by atoms with Crippen molar-refractivity contribution in [1.82, 2.24) is 0 Å². The van der Waals surface area contributed by atoms with Crippen LogP contribution in [0.15, 0.2) is 18.2 Å². The molecular formula is C18H23FN2O3. The Labute approximate surface area is 140 Å². The first-order valence-corrected chi connectivity index (χ1v) is 8.58. The Balaban J connectivity index is 1.86. The van der Waals surface area contributed by atoms with E-state index in [1.807, 2.05) is 4.90 Å². The molecule has 1 aliphatic heterocycles. The van der Waals surface area contributed by atoms with Crippen molar-refractivity contribution in [3.63, 3.8) is 0 Å². The summed E-state index contributed by atoms with van der Waals surface area (Å²) in [6.45, 7) is 0.640. The zero-order chi connectivity index (χ0) is 17.3. The average molecular weight is 334 g/mol. The molecule has 0 spiro atoms. The van der Waals surface area contributed by atoms with Gasteiger partial charge in [-0.05, 0) is 36.5 Å². The van der Waals surface area contributed by atoms with E-state index in [2.05, 4.69) is 0 Å². The number of anilines is 1. The number of halogens is 1. The van der Waals surface area contributed by atoms with Gasteiger partial charge < -0.3 is 15.7 Å². The van der Waals surface area contributed by atoms with Gasteiger partial charge in [0, 0.05) is 12.2 Å². The third-order valence-corrected chi connectivity index (χ3v) is 5.51. The molecule has 5 nitrogen and oxygen atoms in total. The number of carbonyl (C=O) groups is 2. The zero-order valence-corrected chi connectivity index (χ0v) is 13.6. The Hall–Kier alpha value is -2.11. The number of aromatic carboxylic acids is 1. The molecular weight excluding hydrogens is 311 g/mol. The van der Waals surface area contributed by atoms with Crippen molar-refractivity contribution in [3.05, 3.63) is 29.6 Å². The molecule has 1 heterocycles. The number of primary amides is 1. The summed E-state index contributed by atoms with van der Waals surface area (Å²) in [5.41, 5.74) is 5.83. The number of nitrogens with two attached hydrogens (primary N) is 1. The van der Waals surface area contributed by atoms with E-state index in [1.165, 1.54) is 31.4 Å². The molecule has 1 saturated carbocycles. The van der Waals surface area contributed by atoms with E-state index in [0.717, 1.165) is 19.3 Å². The lowest BCUT2D eigenvalue weighted by molar-refractivity contribution is -0.120. The van der Waals surface area contributed by atoms with Crippen LogP contribution >= 0.6 is 0 Å². The third-order valence-electron chi connectivity index (χ3n) is 5.51. The number of carboxylic acid groups (broad SMARTS) is 1. The first-order chi connectivity index (χ1) is 11.5. The highest BCUT2D eigenvalue weighted by molar-refractivity contribution is 5.89. The standard InChI is InChI=1S/C18H23FN2O3/c19-15-10-12(6-7-14(15)18(23)24)21-9-8-13(16(21)17(20)22)11-4-2-1-3-5-11/h6-7,10-11,13,16H,1-5,8-9H2,(H2,20,22)(H,23,24)/t13-,16-/m0/s1. The number of hydrogen-bond acceptors (Lipinski definition) is 3. The second-order valence-corrected chi connectivity index (χ2v) is 6.86. The van der Waals surface area contributed by atoms with Crippen molar-refractivity contribution in [2.45, 2.75) is 44.6 Å². The maximum Gasteiger partial charge on any atom is 0.338 e. The van der Waals surface area contributed by atoms with E-state index >= 15 is 0 Å². The highest BCUT2D eigenvalue weighted by Crippen LogP contribution is 2.40. The third kappa shape index (κ3) is 3.09. The van der Waals surface area contributed by atoms with Crippen molar-refractivity contribution < 1.29 is 19.1 Å². The molecule has 0 radical (unpaired) electrons. The van der Waals surface area contributed by atoms with E-state index in [-0.39, 0.29) is 17.4 Å². The summed E-state index contributed by atoms with van der Waals surface area (Å²) in [5.74, 6) is -1.78. The topological polar surface area (TPSA) is 83.6 Å². The Morgan fingerprint density at radius 3 is 2.46 bits per heavy atom. The van der Waals surface area contributed by atoms with Crippen LogP contribution in [0.3, 0.4) is 0 Å². The lowest BCUT2D eigenvalue weighted by Gasteiger charge is -2.33. The summed E-state index contributed by atoms with van der Waals surface area (Å²) in [7, 11) is 0. The molecule has 0 bridgehead atoms. The van der Waals surface area contributed by atoms with E-state index in [9.17, 15) is 14.0 Å². The lowest BCUT2D eigenvalue weighted by atomic mass is 9.76. The van der Waals surface area contributed by atoms with Crippen LogP contribution in [0.2, 0.25) is 0 Å². The molecule has 2 fully saturated rings. The molecule has 130 valence electrons. The maximum absolute atomic E-state index is 14.0. The fraction of sp³-hybridized carbons (Fsp3) is 0.556. The Morgan fingerprint density at radius 1 is 1.17 bits per heavy atom. The largest absolute Gasteiger partial charge is 0.478 e. The van der Waals surface area contributed by atoms with E-state index in [1.54, 1.807) is 6.07 Å². The summed E-state index contributed by atoms with van der Waals surface area (Å²) in [6.07, 6.45) is 6.73. The molecule has 3 rings (SSSR count). The van der Waals surface area contributed by atoms with Gasteiger partial charge in [-0.1, -0.05) is 32.1 Å². The monoisotopic (exact) mass is 334 g/mol. The second-order valence-electron chi connectivity index (χ2n) is 6.86. The average Bonchev–Trinajstić information content (AvgIpc) is 3.00. The lowest BCUT2D eigenvalue weighted by Crippen LogP contribution is -2.46. The summed E-state index contributed by atoms with van der Waals surface area (Å²) < 4.78 is 14.0. The van der Waals surface area contributed by atoms with Crippen molar-refractivity contribution in [3.8, 4) is 0 Å². The van der Waals surface area contributed by atoms with Crippen LogP contribution in [0.5, 0.6) is 0 Å². The highest BCUT2D eigenvalue weighted by Gasteiger charge is 2.42. The molecule has 1 amide bonds. The van der Waals surface area contributed by atoms with Gasteiger partial charge in [-0.2, -0.15) is 0 Å². The van der Waals surface area contributed by atoms with Crippen LogP contribution < -0.4 is 10.6 Å². The van der Waals surface area contributed by atoms with Crippen LogP contribution in [0.4, 0.5) is 10.1 Å².